The van der Waals surface area contributed by atoms with Crippen LogP contribution in [0.1, 0.15) is 75.6 Å². The van der Waals surface area contributed by atoms with Crippen LogP contribution in [0, 0.1) is 6.92 Å². The molecule has 0 aliphatic rings. The standard InChI is InChI=1S/C20H24N2S.C4H10.C2H5N/c1-14(2)18-9-6-10-19(13-18)16(4)21-22-20(23)12-17-8-5-7-15(3)11-17;1-3-4-2;1-3-2/h5-11,13-14H,12H2,1-4H3,(H,22,23);3-4H2,1-2H3;1H2,2H3/b21-16+;;. The fourth-order valence-electron chi connectivity index (χ4n) is 2.38. The molecule has 0 heterocycles. The molecule has 0 atom stereocenters. The summed E-state index contributed by atoms with van der Waals surface area (Å²) in [6.45, 7) is 16.0. The van der Waals surface area contributed by atoms with E-state index in [-0.39, 0.29) is 0 Å². The highest BCUT2D eigenvalue weighted by molar-refractivity contribution is 7.80. The number of hydrogen-bond donors (Lipinski definition) is 1. The Kier molecular flexibility index (Phi) is 15.2. The highest BCUT2D eigenvalue weighted by Gasteiger charge is 2.04. The minimum Gasteiger partial charge on any atom is -0.304 e. The van der Waals surface area contributed by atoms with E-state index >= 15 is 0 Å². The summed E-state index contributed by atoms with van der Waals surface area (Å²) in [5.74, 6) is 0.512. The third-order valence-corrected chi connectivity index (χ3v) is 4.50. The summed E-state index contributed by atoms with van der Waals surface area (Å²) < 4.78 is 0. The monoisotopic (exact) mass is 425 g/mol. The third-order valence-electron chi connectivity index (χ3n) is 4.27. The van der Waals surface area contributed by atoms with Crippen molar-refractivity contribution in [2.75, 3.05) is 7.05 Å². The first-order valence-electron chi connectivity index (χ1n) is 10.6. The van der Waals surface area contributed by atoms with E-state index in [2.05, 4.69) is 105 Å². The first-order chi connectivity index (χ1) is 14.3. The molecule has 0 aliphatic carbocycles. The second kappa shape index (κ2) is 16.5. The van der Waals surface area contributed by atoms with E-state index in [1.54, 1.807) is 7.05 Å². The Morgan fingerprint density at radius 2 is 1.67 bits per heavy atom. The molecule has 164 valence electrons. The lowest BCUT2D eigenvalue weighted by molar-refractivity contribution is 0.866. The Balaban J connectivity index is 0.00000105. The topological polar surface area (TPSA) is 36.8 Å². The van der Waals surface area contributed by atoms with E-state index in [0.717, 1.165) is 16.3 Å². The summed E-state index contributed by atoms with van der Waals surface area (Å²) in [5, 5.41) is 4.44. The molecule has 2 rings (SSSR count). The Hall–Kier alpha value is -2.33. The van der Waals surface area contributed by atoms with Crippen LogP contribution in [-0.2, 0) is 6.42 Å². The van der Waals surface area contributed by atoms with E-state index in [0.29, 0.717) is 12.3 Å². The summed E-state index contributed by atoms with van der Waals surface area (Å²) in [7, 11) is 1.64. The fraction of sp³-hybridized carbons (Fsp3) is 0.423. The number of aryl methyl sites for hydroxylation is 1. The lowest BCUT2D eigenvalue weighted by atomic mass is 9.99. The minimum atomic E-state index is 0.512. The maximum atomic E-state index is 5.40. The van der Waals surface area contributed by atoms with Gasteiger partial charge in [-0.05, 0) is 49.2 Å². The van der Waals surface area contributed by atoms with Crippen LogP contribution < -0.4 is 5.43 Å². The maximum Gasteiger partial charge on any atom is 0.100 e. The largest absolute Gasteiger partial charge is 0.304 e. The van der Waals surface area contributed by atoms with Crippen molar-refractivity contribution in [3.05, 3.63) is 70.8 Å². The Labute approximate surface area is 189 Å². The van der Waals surface area contributed by atoms with Gasteiger partial charge in [0.1, 0.15) is 4.99 Å². The van der Waals surface area contributed by atoms with Gasteiger partial charge in [0.05, 0.1) is 5.71 Å². The van der Waals surface area contributed by atoms with Crippen LogP contribution in [0.5, 0.6) is 0 Å². The molecule has 0 radical (unpaired) electrons. The molecule has 2 aromatic rings. The number of nitrogens with one attached hydrogen (secondary N) is 1. The van der Waals surface area contributed by atoms with Gasteiger partial charge in [-0.25, -0.2) is 0 Å². The molecule has 30 heavy (non-hydrogen) atoms. The van der Waals surface area contributed by atoms with Gasteiger partial charge in [0.25, 0.3) is 0 Å². The van der Waals surface area contributed by atoms with Crippen molar-refractivity contribution < 1.29 is 0 Å². The molecule has 0 bridgehead atoms. The molecule has 1 N–H and O–H groups in total. The van der Waals surface area contributed by atoms with Crippen LogP contribution in [-0.4, -0.2) is 24.5 Å². The van der Waals surface area contributed by atoms with Crippen molar-refractivity contribution in [2.24, 2.45) is 10.1 Å². The van der Waals surface area contributed by atoms with Gasteiger partial charge in [-0.2, -0.15) is 5.10 Å². The van der Waals surface area contributed by atoms with E-state index in [1.807, 2.05) is 6.92 Å². The minimum absolute atomic E-state index is 0.512. The van der Waals surface area contributed by atoms with Crippen LogP contribution in [0.2, 0.25) is 0 Å². The van der Waals surface area contributed by atoms with Crippen LogP contribution in [0.15, 0.2) is 58.6 Å². The number of hydrazone groups is 1. The van der Waals surface area contributed by atoms with Crippen molar-refractivity contribution in [3.8, 4) is 0 Å². The molecular weight excluding hydrogens is 386 g/mol. The molecule has 0 amide bonds. The molecule has 4 heteroatoms. The zero-order valence-electron chi connectivity index (χ0n) is 19.8. The van der Waals surface area contributed by atoms with Crippen molar-refractivity contribution >= 4 is 29.6 Å². The number of aliphatic imine (C=N–C) groups is 1. The number of rotatable bonds is 6. The quantitative estimate of drug-likeness (QED) is 0.304. The van der Waals surface area contributed by atoms with E-state index in [1.165, 1.54) is 29.5 Å². The average molecular weight is 426 g/mol. The molecule has 0 aromatic heterocycles. The van der Waals surface area contributed by atoms with E-state index < -0.39 is 0 Å². The highest BCUT2D eigenvalue weighted by Crippen LogP contribution is 2.16. The van der Waals surface area contributed by atoms with Gasteiger partial charge in [-0.15, -0.1) is 0 Å². The number of benzene rings is 2. The van der Waals surface area contributed by atoms with Gasteiger partial charge in [-0.1, -0.05) is 101 Å². The van der Waals surface area contributed by atoms with Crippen molar-refractivity contribution in [2.45, 2.75) is 66.7 Å². The number of nitrogens with zero attached hydrogens (tertiary/aromatic N) is 2. The third kappa shape index (κ3) is 12.3. The Morgan fingerprint density at radius 1 is 1.07 bits per heavy atom. The second-order valence-electron chi connectivity index (χ2n) is 7.49. The number of unbranched alkanes of at least 4 members (excludes halogenated alkanes) is 1. The molecule has 0 saturated heterocycles. The molecule has 3 nitrogen and oxygen atoms in total. The molecule has 0 aliphatic heterocycles. The van der Waals surface area contributed by atoms with E-state index in [4.69, 9.17) is 12.2 Å². The van der Waals surface area contributed by atoms with Crippen LogP contribution in [0.25, 0.3) is 0 Å². The van der Waals surface area contributed by atoms with Crippen LogP contribution in [0.4, 0.5) is 0 Å². The Morgan fingerprint density at radius 3 is 2.20 bits per heavy atom. The van der Waals surface area contributed by atoms with Crippen LogP contribution >= 0.6 is 12.2 Å². The van der Waals surface area contributed by atoms with Crippen molar-refractivity contribution in [1.29, 1.82) is 0 Å². The van der Waals surface area contributed by atoms with Gasteiger partial charge in [0.15, 0.2) is 0 Å². The predicted molar refractivity (Wildman–Crippen MR) is 139 cm³/mol. The second-order valence-corrected chi connectivity index (χ2v) is 7.99. The summed E-state index contributed by atoms with van der Waals surface area (Å²) in [5.41, 5.74) is 8.86. The lowest BCUT2D eigenvalue weighted by Gasteiger charge is -2.09. The summed E-state index contributed by atoms with van der Waals surface area (Å²) in [4.78, 5) is 3.98. The van der Waals surface area contributed by atoms with Gasteiger partial charge in [0, 0.05) is 13.5 Å². The van der Waals surface area contributed by atoms with Crippen molar-refractivity contribution in [3.63, 3.8) is 0 Å². The van der Waals surface area contributed by atoms with Gasteiger partial charge in [0.2, 0.25) is 0 Å². The first-order valence-corrected chi connectivity index (χ1v) is 11.0. The van der Waals surface area contributed by atoms with Crippen LogP contribution in [0.3, 0.4) is 0 Å². The zero-order valence-corrected chi connectivity index (χ0v) is 20.6. The number of thiocarbonyl (C=S) groups is 1. The van der Waals surface area contributed by atoms with E-state index in [9.17, 15) is 0 Å². The predicted octanol–water partition coefficient (Wildman–Crippen LogP) is 7.13. The molecule has 0 spiro atoms. The lowest BCUT2D eigenvalue weighted by Crippen LogP contribution is -2.19. The molecule has 0 fully saturated rings. The highest BCUT2D eigenvalue weighted by atomic mass is 32.1. The molecule has 0 unspecified atom stereocenters. The normalized spacial score (nSPS) is 10.3. The summed E-state index contributed by atoms with van der Waals surface area (Å²) in [6.07, 6.45) is 3.35. The zero-order chi connectivity index (χ0) is 22.9. The maximum absolute atomic E-state index is 5.40. The summed E-state index contributed by atoms with van der Waals surface area (Å²) >= 11 is 5.40. The SMILES string of the molecule is C/C(=N\NC(=S)Cc1cccc(C)c1)c1cccc(C(C)C)c1.C=NC.CCCC. The first kappa shape index (κ1) is 27.7. The van der Waals surface area contributed by atoms with Gasteiger partial charge >= 0.3 is 0 Å². The van der Waals surface area contributed by atoms with Crippen molar-refractivity contribution in [1.82, 2.24) is 5.43 Å². The van der Waals surface area contributed by atoms with Gasteiger partial charge in [-0.3, -0.25) is 5.43 Å². The molecule has 0 saturated carbocycles. The van der Waals surface area contributed by atoms with Gasteiger partial charge < -0.3 is 4.99 Å². The Bertz CT molecular complexity index is 792. The molecule has 2 aromatic carbocycles. The summed E-state index contributed by atoms with van der Waals surface area (Å²) in [6, 6.07) is 16.9. The smallest absolute Gasteiger partial charge is 0.100 e. The average Bonchev–Trinajstić information content (AvgIpc) is 2.73. The number of hydrogen-bond acceptors (Lipinski definition) is 3. The fourth-order valence-corrected chi connectivity index (χ4v) is 2.59. The molecular formula is C26H39N3S.